The topological polar surface area (TPSA) is 72.2 Å². The number of halogens is 3. The predicted molar refractivity (Wildman–Crippen MR) is 57.9 cm³/mol. The molecule has 1 aromatic rings. The van der Waals surface area contributed by atoms with Gasteiger partial charge in [-0.1, -0.05) is 12.1 Å². The molecule has 0 saturated heterocycles. The van der Waals surface area contributed by atoms with E-state index < -0.39 is 27.5 Å². The van der Waals surface area contributed by atoms with Gasteiger partial charge in [0.05, 0.1) is 11.3 Å². The van der Waals surface area contributed by atoms with Crippen molar-refractivity contribution in [1.29, 1.82) is 0 Å². The number of hydrogen-bond acceptors (Lipinski definition) is 3. The van der Waals surface area contributed by atoms with Crippen LogP contribution in [0.15, 0.2) is 24.3 Å². The second kappa shape index (κ2) is 4.92. The summed E-state index contributed by atoms with van der Waals surface area (Å²) in [5.41, 5.74) is -1.00. The predicted octanol–water partition coefficient (Wildman–Crippen LogP) is 1.41. The summed E-state index contributed by atoms with van der Waals surface area (Å²) in [5.74, 6) is -0.431. The molecule has 3 N–H and O–H groups in total. The van der Waals surface area contributed by atoms with E-state index in [0.717, 1.165) is 6.07 Å². The highest BCUT2D eigenvalue weighted by molar-refractivity contribution is 7.89. The van der Waals surface area contributed by atoms with Gasteiger partial charge in [0.2, 0.25) is 10.0 Å². The molecule has 0 saturated carbocycles. The molecule has 0 heterocycles. The van der Waals surface area contributed by atoms with Crippen LogP contribution >= 0.6 is 0 Å². The fraction of sp³-hybridized carbons (Fsp3) is 0.333. The van der Waals surface area contributed by atoms with Crippen LogP contribution in [0.3, 0.4) is 0 Å². The van der Waals surface area contributed by atoms with Gasteiger partial charge < -0.3 is 5.32 Å². The van der Waals surface area contributed by atoms with Gasteiger partial charge in [-0.05, 0) is 12.1 Å². The van der Waals surface area contributed by atoms with Gasteiger partial charge in [-0.2, -0.15) is 13.2 Å². The van der Waals surface area contributed by atoms with Gasteiger partial charge in [0.25, 0.3) is 0 Å². The summed E-state index contributed by atoms with van der Waals surface area (Å²) in [7, 11) is -3.69. The first-order chi connectivity index (χ1) is 7.70. The molecular formula is C9H11F3N2O2S. The minimum absolute atomic E-state index is 0.163. The Morgan fingerprint density at radius 1 is 1.24 bits per heavy atom. The molecule has 8 heteroatoms. The van der Waals surface area contributed by atoms with Crippen molar-refractivity contribution in [2.75, 3.05) is 17.6 Å². The number of benzene rings is 1. The standard InChI is InChI=1S/C9H11F3N2O2S/c10-9(11,12)7-3-1-2-4-8(7)14-5-6-17(13,15)16/h1-4,14H,5-6H2,(H2,13,15,16). The minimum Gasteiger partial charge on any atom is -0.383 e. The quantitative estimate of drug-likeness (QED) is 0.867. The molecular weight excluding hydrogens is 257 g/mol. The molecule has 4 nitrogen and oxygen atoms in total. The van der Waals surface area contributed by atoms with E-state index in [2.05, 4.69) is 5.32 Å². The highest BCUT2D eigenvalue weighted by atomic mass is 32.2. The molecule has 0 aromatic heterocycles. The van der Waals surface area contributed by atoms with Crippen molar-refractivity contribution in [3.63, 3.8) is 0 Å². The molecule has 0 unspecified atom stereocenters. The maximum atomic E-state index is 12.5. The van der Waals surface area contributed by atoms with E-state index in [-0.39, 0.29) is 12.2 Å². The number of rotatable bonds is 4. The lowest BCUT2D eigenvalue weighted by Gasteiger charge is -2.13. The Morgan fingerprint density at radius 2 is 1.82 bits per heavy atom. The highest BCUT2D eigenvalue weighted by Gasteiger charge is 2.32. The fourth-order valence-electron chi connectivity index (χ4n) is 1.21. The maximum Gasteiger partial charge on any atom is 0.418 e. The lowest BCUT2D eigenvalue weighted by molar-refractivity contribution is -0.136. The zero-order valence-corrected chi connectivity index (χ0v) is 9.48. The second-order valence-electron chi connectivity index (χ2n) is 3.34. The van der Waals surface area contributed by atoms with Crippen molar-refractivity contribution in [2.24, 2.45) is 5.14 Å². The molecule has 0 aliphatic rings. The third-order valence-corrected chi connectivity index (χ3v) is 2.71. The van der Waals surface area contributed by atoms with Gasteiger partial charge in [0.1, 0.15) is 0 Å². The Hall–Kier alpha value is -1.28. The average molecular weight is 268 g/mol. The summed E-state index contributed by atoms with van der Waals surface area (Å²) < 4.78 is 58.8. The van der Waals surface area contributed by atoms with E-state index in [1.165, 1.54) is 18.2 Å². The summed E-state index contributed by atoms with van der Waals surface area (Å²) in [4.78, 5) is 0. The molecule has 0 fully saturated rings. The van der Waals surface area contributed by atoms with Crippen LogP contribution in [0, 0.1) is 0 Å². The Labute approximate surface area is 96.7 Å². The number of anilines is 1. The first kappa shape index (κ1) is 13.8. The normalized spacial score (nSPS) is 12.5. The number of alkyl halides is 3. The Balaban J connectivity index is 2.78. The molecule has 17 heavy (non-hydrogen) atoms. The lowest BCUT2D eigenvalue weighted by Crippen LogP contribution is -2.23. The van der Waals surface area contributed by atoms with Crippen molar-refractivity contribution in [3.8, 4) is 0 Å². The molecule has 1 aromatic carbocycles. The Bertz CT molecular complexity index is 485. The third-order valence-electron chi connectivity index (χ3n) is 1.93. The van der Waals surface area contributed by atoms with Crippen LogP contribution in [-0.2, 0) is 16.2 Å². The SMILES string of the molecule is NS(=O)(=O)CCNc1ccccc1C(F)(F)F. The van der Waals surface area contributed by atoms with Crippen LogP contribution in [0.25, 0.3) is 0 Å². The van der Waals surface area contributed by atoms with E-state index in [9.17, 15) is 21.6 Å². The molecule has 0 radical (unpaired) electrons. The van der Waals surface area contributed by atoms with E-state index >= 15 is 0 Å². The largest absolute Gasteiger partial charge is 0.418 e. The number of nitrogens with one attached hydrogen (secondary N) is 1. The van der Waals surface area contributed by atoms with Gasteiger partial charge >= 0.3 is 6.18 Å². The first-order valence-corrected chi connectivity index (χ1v) is 6.32. The highest BCUT2D eigenvalue weighted by Crippen LogP contribution is 2.34. The number of para-hydroxylation sites is 1. The van der Waals surface area contributed by atoms with E-state index in [0.29, 0.717) is 0 Å². The summed E-state index contributed by atoms with van der Waals surface area (Å²) in [6, 6.07) is 4.83. The van der Waals surface area contributed by atoms with Gasteiger partial charge in [0.15, 0.2) is 0 Å². The van der Waals surface area contributed by atoms with Crippen LogP contribution in [0.4, 0.5) is 18.9 Å². The zero-order chi connectivity index (χ0) is 13.1. The fourth-order valence-corrected chi connectivity index (χ4v) is 1.60. The first-order valence-electron chi connectivity index (χ1n) is 4.61. The minimum atomic E-state index is -4.48. The smallest absolute Gasteiger partial charge is 0.383 e. The van der Waals surface area contributed by atoms with E-state index in [1.54, 1.807) is 0 Å². The molecule has 0 spiro atoms. The average Bonchev–Trinajstić information content (AvgIpc) is 2.15. The van der Waals surface area contributed by atoms with Gasteiger partial charge in [-0.25, -0.2) is 13.6 Å². The summed E-state index contributed by atoms with van der Waals surface area (Å²) >= 11 is 0. The number of sulfonamides is 1. The number of primary sulfonamides is 1. The monoisotopic (exact) mass is 268 g/mol. The lowest BCUT2D eigenvalue weighted by atomic mass is 10.1. The van der Waals surface area contributed by atoms with Crippen molar-refractivity contribution >= 4 is 15.7 Å². The second-order valence-corrected chi connectivity index (χ2v) is 5.07. The molecule has 0 aliphatic carbocycles. The van der Waals surface area contributed by atoms with Gasteiger partial charge in [0, 0.05) is 12.2 Å². The molecule has 0 bridgehead atoms. The summed E-state index contributed by atoms with van der Waals surface area (Å²) in [6.45, 7) is -0.175. The molecule has 96 valence electrons. The molecule has 0 atom stereocenters. The third kappa shape index (κ3) is 4.61. The van der Waals surface area contributed by atoms with Gasteiger partial charge in [-0.15, -0.1) is 0 Å². The Kier molecular flexibility index (Phi) is 3.99. The maximum absolute atomic E-state index is 12.5. The van der Waals surface area contributed by atoms with E-state index in [4.69, 9.17) is 5.14 Å². The van der Waals surface area contributed by atoms with Crippen molar-refractivity contribution < 1.29 is 21.6 Å². The van der Waals surface area contributed by atoms with Crippen LogP contribution in [0.5, 0.6) is 0 Å². The van der Waals surface area contributed by atoms with Crippen molar-refractivity contribution in [2.45, 2.75) is 6.18 Å². The van der Waals surface area contributed by atoms with Crippen molar-refractivity contribution in [1.82, 2.24) is 0 Å². The molecule has 0 amide bonds. The van der Waals surface area contributed by atoms with Crippen LogP contribution in [0.1, 0.15) is 5.56 Å². The number of nitrogens with two attached hydrogens (primary N) is 1. The Morgan fingerprint density at radius 3 is 2.35 bits per heavy atom. The summed E-state index contributed by atoms with van der Waals surface area (Å²) in [5, 5.41) is 7.13. The van der Waals surface area contributed by atoms with Crippen LogP contribution < -0.4 is 10.5 Å². The molecule has 0 aliphatic heterocycles. The van der Waals surface area contributed by atoms with Crippen LogP contribution in [-0.4, -0.2) is 20.7 Å². The zero-order valence-electron chi connectivity index (χ0n) is 8.66. The summed E-state index contributed by atoms with van der Waals surface area (Å²) in [6.07, 6.45) is -4.48. The van der Waals surface area contributed by atoms with Crippen LogP contribution in [0.2, 0.25) is 0 Å². The van der Waals surface area contributed by atoms with Gasteiger partial charge in [-0.3, -0.25) is 0 Å². The van der Waals surface area contributed by atoms with Crippen molar-refractivity contribution in [3.05, 3.63) is 29.8 Å². The van der Waals surface area contributed by atoms with E-state index in [1.807, 2.05) is 0 Å². The number of hydrogen-bond donors (Lipinski definition) is 2. The molecule has 1 rings (SSSR count).